The van der Waals surface area contributed by atoms with E-state index < -0.39 is 0 Å². The number of rotatable bonds is 2. The standard InChI is InChI=1S/C14H16ClN3O/c1-14(2,3)13-17-9(8-11(15)18-13)12-10(19-4)6-5-7-16-12/h5-8H,1-4H3. The Morgan fingerprint density at radius 2 is 1.95 bits per heavy atom. The second-order valence-corrected chi connectivity index (χ2v) is 5.59. The Morgan fingerprint density at radius 1 is 1.21 bits per heavy atom. The van der Waals surface area contributed by atoms with Crippen LogP contribution in [0.5, 0.6) is 5.75 Å². The smallest absolute Gasteiger partial charge is 0.146 e. The number of hydrogen-bond donors (Lipinski definition) is 0. The zero-order valence-electron chi connectivity index (χ0n) is 11.4. The fourth-order valence-electron chi connectivity index (χ4n) is 1.62. The second-order valence-electron chi connectivity index (χ2n) is 5.20. The topological polar surface area (TPSA) is 47.9 Å². The van der Waals surface area contributed by atoms with Gasteiger partial charge in [0.15, 0.2) is 0 Å². The molecule has 2 heterocycles. The second kappa shape index (κ2) is 5.13. The van der Waals surface area contributed by atoms with Crippen molar-refractivity contribution >= 4 is 11.6 Å². The summed E-state index contributed by atoms with van der Waals surface area (Å²) in [7, 11) is 1.61. The number of methoxy groups -OCH3 is 1. The van der Waals surface area contributed by atoms with E-state index in [4.69, 9.17) is 16.3 Å². The average molecular weight is 278 g/mol. The summed E-state index contributed by atoms with van der Waals surface area (Å²) >= 11 is 6.08. The molecule has 0 aliphatic carbocycles. The van der Waals surface area contributed by atoms with E-state index in [0.717, 1.165) is 0 Å². The molecule has 0 fully saturated rings. The summed E-state index contributed by atoms with van der Waals surface area (Å²) in [5.74, 6) is 1.35. The molecule has 0 aromatic carbocycles. The minimum atomic E-state index is -0.179. The first-order chi connectivity index (χ1) is 8.91. The fourth-order valence-corrected chi connectivity index (χ4v) is 1.81. The summed E-state index contributed by atoms with van der Waals surface area (Å²) in [4.78, 5) is 13.1. The van der Waals surface area contributed by atoms with Crippen molar-refractivity contribution in [3.8, 4) is 17.1 Å². The SMILES string of the molecule is COc1cccnc1-c1cc(Cl)nc(C(C)(C)C)n1. The Bertz CT molecular complexity index is 593. The fraction of sp³-hybridized carbons (Fsp3) is 0.357. The predicted octanol–water partition coefficient (Wildman–Crippen LogP) is 3.50. The van der Waals surface area contributed by atoms with Crippen LogP contribution in [-0.2, 0) is 5.41 Å². The number of ether oxygens (including phenoxy) is 1. The maximum Gasteiger partial charge on any atom is 0.146 e. The van der Waals surface area contributed by atoms with E-state index >= 15 is 0 Å². The van der Waals surface area contributed by atoms with Crippen LogP contribution in [0.1, 0.15) is 26.6 Å². The molecule has 0 aliphatic rings. The largest absolute Gasteiger partial charge is 0.494 e. The number of halogens is 1. The Kier molecular flexibility index (Phi) is 3.71. The third-order valence-corrected chi connectivity index (χ3v) is 2.79. The van der Waals surface area contributed by atoms with Gasteiger partial charge >= 0.3 is 0 Å². The van der Waals surface area contributed by atoms with E-state index in [9.17, 15) is 0 Å². The first-order valence-corrected chi connectivity index (χ1v) is 6.34. The summed E-state index contributed by atoms with van der Waals surface area (Å²) in [6.45, 7) is 6.12. The van der Waals surface area contributed by atoms with Crippen LogP contribution >= 0.6 is 11.6 Å². The zero-order valence-corrected chi connectivity index (χ0v) is 12.2. The summed E-state index contributed by atoms with van der Waals surface area (Å²) in [6, 6.07) is 5.35. The number of pyridine rings is 1. The molecule has 0 bridgehead atoms. The van der Waals surface area contributed by atoms with E-state index in [2.05, 4.69) is 15.0 Å². The van der Waals surface area contributed by atoms with Gasteiger partial charge in [-0.3, -0.25) is 4.98 Å². The van der Waals surface area contributed by atoms with Crippen LogP contribution in [0.4, 0.5) is 0 Å². The van der Waals surface area contributed by atoms with Gasteiger partial charge in [0, 0.05) is 17.7 Å². The highest BCUT2D eigenvalue weighted by atomic mass is 35.5. The lowest BCUT2D eigenvalue weighted by molar-refractivity contribution is 0.414. The van der Waals surface area contributed by atoms with Crippen molar-refractivity contribution in [1.82, 2.24) is 15.0 Å². The van der Waals surface area contributed by atoms with Crippen molar-refractivity contribution in [2.45, 2.75) is 26.2 Å². The molecule has 100 valence electrons. The minimum absolute atomic E-state index is 0.179. The first-order valence-electron chi connectivity index (χ1n) is 5.96. The Labute approximate surface area is 117 Å². The van der Waals surface area contributed by atoms with Crippen molar-refractivity contribution in [2.75, 3.05) is 7.11 Å². The van der Waals surface area contributed by atoms with Gasteiger partial charge in [-0.1, -0.05) is 32.4 Å². The van der Waals surface area contributed by atoms with Gasteiger partial charge < -0.3 is 4.74 Å². The van der Waals surface area contributed by atoms with E-state index in [1.165, 1.54) is 0 Å². The molecule has 2 rings (SSSR count). The lowest BCUT2D eigenvalue weighted by Crippen LogP contribution is -2.16. The Morgan fingerprint density at radius 3 is 2.58 bits per heavy atom. The van der Waals surface area contributed by atoms with Crippen LogP contribution in [0, 0.1) is 0 Å². The molecule has 0 aliphatic heterocycles. The minimum Gasteiger partial charge on any atom is -0.494 e. The van der Waals surface area contributed by atoms with Crippen LogP contribution in [0.15, 0.2) is 24.4 Å². The van der Waals surface area contributed by atoms with E-state index in [-0.39, 0.29) is 5.41 Å². The highest BCUT2D eigenvalue weighted by Gasteiger charge is 2.20. The van der Waals surface area contributed by atoms with E-state index in [1.807, 2.05) is 32.9 Å². The maximum absolute atomic E-state index is 6.08. The third-order valence-electron chi connectivity index (χ3n) is 2.60. The molecule has 0 radical (unpaired) electrons. The first kappa shape index (κ1) is 13.7. The summed E-state index contributed by atoms with van der Waals surface area (Å²) in [5, 5.41) is 0.405. The van der Waals surface area contributed by atoms with Crippen molar-refractivity contribution < 1.29 is 4.74 Å². The molecular formula is C14H16ClN3O. The van der Waals surface area contributed by atoms with Crippen molar-refractivity contribution in [3.63, 3.8) is 0 Å². The number of nitrogens with zero attached hydrogens (tertiary/aromatic N) is 3. The molecular weight excluding hydrogens is 262 g/mol. The van der Waals surface area contributed by atoms with Gasteiger partial charge in [0.25, 0.3) is 0 Å². The maximum atomic E-state index is 6.08. The Hall–Kier alpha value is -1.68. The monoisotopic (exact) mass is 277 g/mol. The van der Waals surface area contributed by atoms with Crippen LogP contribution in [0.3, 0.4) is 0 Å². The summed E-state index contributed by atoms with van der Waals surface area (Å²) in [6.07, 6.45) is 1.70. The van der Waals surface area contributed by atoms with Crippen molar-refractivity contribution in [2.24, 2.45) is 0 Å². The Balaban J connectivity index is 2.60. The molecule has 0 N–H and O–H groups in total. The lowest BCUT2D eigenvalue weighted by Gasteiger charge is -2.17. The molecule has 2 aromatic heterocycles. The average Bonchev–Trinajstić information content (AvgIpc) is 2.37. The van der Waals surface area contributed by atoms with Crippen LogP contribution < -0.4 is 4.74 Å². The predicted molar refractivity (Wildman–Crippen MR) is 75.5 cm³/mol. The van der Waals surface area contributed by atoms with Gasteiger partial charge in [0.1, 0.15) is 22.4 Å². The van der Waals surface area contributed by atoms with E-state index in [1.54, 1.807) is 19.4 Å². The highest BCUT2D eigenvalue weighted by Crippen LogP contribution is 2.29. The van der Waals surface area contributed by atoms with Gasteiger partial charge in [-0.15, -0.1) is 0 Å². The molecule has 0 atom stereocenters. The molecule has 2 aromatic rings. The quantitative estimate of drug-likeness (QED) is 0.788. The van der Waals surface area contributed by atoms with Crippen molar-refractivity contribution in [3.05, 3.63) is 35.4 Å². The van der Waals surface area contributed by atoms with E-state index in [0.29, 0.717) is 28.1 Å². The number of hydrogen-bond acceptors (Lipinski definition) is 4. The van der Waals surface area contributed by atoms with Crippen LogP contribution in [-0.4, -0.2) is 22.1 Å². The molecule has 0 amide bonds. The number of aromatic nitrogens is 3. The van der Waals surface area contributed by atoms with Gasteiger partial charge in [-0.2, -0.15) is 0 Å². The summed E-state index contributed by atoms with van der Waals surface area (Å²) < 4.78 is 5.30. The molecule has 19 heavy (non-hydrogen) atoms. The molecule has 5 heteroatoms. The van der Waals surface area contributed by atoms with Gasteiger partial charge in [0.2, 0.25) is 0 Å². The van der Waals surface area contributed by atoms with Gasteiger partial charge in [-0.05, 0) is 12.1 Å². The normalized spacial score (nSPS) is 11.4. The molecule has 0 unspecified atom stereocenters. The van der Waals surface area contributed by atoms with Gasteiger partial charge in [0.05, 0.1) is 12.8 Å². The molecule has 0 saturated carbocycles. The van der Waals surface area contributed by atoms with Crippen LogP contribution in [0.25, 0.3) is 11.4 Å². The molecule has 0 spiro atoms. The lowest BCUT2D eigenvalue weighted by atomic mass is 9.95. The molecule has 0 saturated heterocycles. The van der Waals surface area contributed by atoms with Gasteiger partial charge in [-0.25, -0.2) is 9.97 Å². The third kappa shape index (κ3) is 3.01. The zero-order chi connectivity index (χ0) is 14.0. The van der Waals surface area contributed by atoms with Crippen molar-refractivity contribution in [1.29, 1.82) is 0 Å². The highest BCUT2D eigenvalue weighted by molar-refractivity contribution is 6.29. The van der Waals surface area contributed by atoms with Crippen LogP contribution in [0.2, 0.25) is 5.15 Å². The summed E-state index contributed by atoms with van der Waals surface area (Å²) in [5.41, 5.74) is 1.16. The molecule has 4 nitrogen and oxygen atoms in total.